The first-order chi connectivity index (χ1) is 5.70. The Kier molecular flexibility index (Phi) is 3.53. The number of aliphatic hydroxyl groups is 1. The molecule has 0 radical (unpaired) electrons. The zero-order valence-corrected chi connectivity index (χ0v) is 8.29. The molecule has 1 heterocycles. The van der Waals surface area contributed by atoms with Gasteiger partial charge < -0.3 is 9.84 Å². The van der Waals surface area contributed by atoms with Crippen molar-refractivity contribution in [3.05, 3.63) is 0 Å². The smallest absolute Gasteiger partial charge is 0.0608 e. The predicted molar refractivity (Wildman–Crippen MR) is 49.0 cm³/mol. The lowest BCUT2D eigenvalue weighted by Crippen LogP contribution is -2.20. The summed E-state index contributed by atoms with van der Waals surface area (Å²) in [7, 11) is 0. The lowest BCUT2D eigenvalue weighted by atomic mass is 9.86. The van der Waals surface area contributed by atoms with Crippen molar-refractivity contribution in [2.75, 3.05) is 6.61 Å². The van der Waals surface area contributed by atoms with Crippen LogP contribution in [-0.2, 0) is 4.74 Å². The van der Waals surface area contributed by atoms with Gasteiger partial charge >= 0.3 is 0 Å². The molecule has 1 saturated heterocycles. The van der Waals surface area contributed by atoms with Gasteiger partial charge in [0.05, 0.1) is 12.2 Å². The second kappa shape index (κ2) is 4.24. The standard InChI is InChI=1S/C10H20O2/c1-4-10-9(5-6-11)7(2)8(3)12-10/h7-11H,4-6H2,1-3H3/t7-,8+,9-,10+/m1/s1. The third-order valence-electron chi connectivity index (χ3n) is 3.15. The average molecular weight is 172 g/mol. The first-order valence-electron chi connectivity index (χ1n) is 4.97. The molecule has 0 aliphatic carbocycles. The molecular formula is C10H20O2. The van der Waals surface area contributed by atoms with Crippen molar-refractivity contribution >= 4 is 0 Å². The Bertz CT molecular complexity index is 136. The highest BCUT2D eigenvalue weighted by molar-refractivity contribution is 4.85. The van der Waals surface area contributed by atoms with E-state index >= 15 is 0 Å². The zero-order chi connectivity index (χ0) is 9.14. The normalized spacial score (nSPS) is 42.0. The highest BCUT2D eigenvalue weighted by Gasteiger charge is 2.37. The van der Waals surface area contributed by atoms with E-state index in [2.05, 4.69) is 20.8 Å². The van der Waals surface area contributed by atoms with E-state index in [1.54, 1.807) is 0 Å². The third kappa shape index (κ3) is 1.80. The van der Waals surface area contributed by atoms with Gasteiger partial charge in [-0.2, -0.15) is 0 Å². The molecule has 0 aromatic rings. The minimum absolute atomic E-state index is 0.293. The molecule has 1 N–H and O–H groups in total. The maximum absolute atomic E-state index is 8.89. The first-order valence-corrected chi connectivity index (χ1v) is 4.97. The van der Waals surface area contributed by atoms with Crippen LogP contribution in [0.5, 0.6) is 0 Å². The van der Waals surface area contributed by atoms with Gasteiger partial charge in [0.25, 0.3) is 0 Å². The van der Waals surface area contributed by atoms with Gasteiger partial charge in [0.2, 0.25) is 0 Å². The molecule has 0 aromatic heterocycles. The van der Waals surface area contributed by atoms with Gasteiger partial charge in [-0.1, -0.05) is 13.8 Å². The van der Waals surface area contributed by atoms with Crippen LogP contribution < -0.4 is 0 Å². The highest BCUT2D eigenvalue weighted by atomic mass is 16.5. The Hall–Kier alpha value is -0.0800. The van der Waals surface area contributed by atoms with E-state index in [1.165, 1.54) is 0 Å². The summed E-state index contributed by atoms with van der Waals surface area (Å²) < 4.78 is 5.78. The summed E-state index contributed by atoms with van der Waals surface area (Å²) >= 11 is 0. The topological polar surface area (TPSA) is 29.5 Å². The third-order valence-corrected chi connectivity index (χ3v) is 3.15. The van der Waals surface area contributed by atoms with Crippen molar-refractivity contribution < 1.29 is 9.84 Å². The molecule has 1 aliphatic rings. The zero-order valence-electron chi connectivity index (χ0n) is 8.29. The van der Waals surface area contributed by atoms with Gasteiger partial charge in [0.15, 0.2) is 0 Å². The van der Waals surface area contributed by atoms with E-state index in [0.717, 1.165) is 12.8 Å². The molecule has 72 valence electrons. The Morgan fingerprint density at radius 3 is 2.50 bits per heavy atom. The summed E-state index contributed by atoms with van der Waals surface area (Å²) in [4.78, 5) is 0. The van der Waals surface area contributed by atoms with E-state index in [-0.39, 0.29) is 0 Å². The van der Waals surface area contributed by atoms with Crippen LogP contribution in [0.15, 0.2) is 0 Å². The lowest BCUT2D eigenvalue weighted by molar-refractivity contribution is 0.0353. The van der Waals surface area contributed by atoms with Crippen LogP contribution in [0.1, 0.15) is 33.6 Å². The van der Waals surface area contributed by atoms with Gasteiger partial charge in [-0.25, -0.2) is 0 Å². The van der Waals surface area contributed by atoms with Gasteiger partial charge in [-0.15, -0.1) is 0 Å². The fourth-order valence-corrected chi connectivity index (χ4v) is 2.18. The van der Waals surface area contributed by atoms with Crippen LogP contribution >= 0.6 is 0 Å². The monoisotopic (exact) mass is 172 g/mol. The SMILES string of the molecule is CC[C@@H]1O[C@@H](C)[C@@H](C)[C@H]1CCO. The van der Waals surface area contributed by atoms with Crippen LogP contribution in [0.4, 0.5) is 0 Å². The number of hydrogen-bond acceptors (Lipinski definition) is 2. The molecule has 2 nitrogen and oxygen atoms in total. The van der Waals surface area contributed by atoms with Crippen LogP contribution in [0, 0.1) is 11.8 Å². The van der Waals surface area contributed by atoms with Crippen LogP contribution in [0.25, 0.3) is 0 Å². The molecular weight excluding hydrogens is 152 g/mol. The lowest BCUT2D eigenvalue weighted by Gasteiger charge is -2.18. The van der Waals surface area contributed by atoms with Crippen molar-refractivity contribution in [1.29, 1.82) is 0 Å². The second-order valence-corrected chi connectivity index (χ2v) is 3.82. The van der Waals surface area contributed by atoms with E-state index < -0.39 is 0 Å². The number of aliphatic hydroxyl groups excluding tert-OH is 1. The molecule has 0 saturated carbocycles. The Labute approximate surface area is 74.9 Å². The summed E-state index contributed by atoms with van der Waals surface area (Å²) in [6.07, 6.45) is 2.71. The summed E-state index contributed by atoms with van der Waals surface area (Å²) in [5.41, 5.74) is 0. The Morgan fingerprint density at radius 2 is 2.00 bits per heavy atom. The van der Waals surface area contributed by atoms with Gasteiger partial charge in [0.1, 0.15) is 0 Å². The van der Waals surface area contributed by atoms with Gasteiger partial charge in [-0.3, -0.25) is 0 Å². The Morgan fingerprint density at radius 1 is 1.33 bits per heavy atom. The van der Waals surface area contributed by atoms with Crippen molar-refractivity contribution in [2.45, 2.75) is 45.8 Å². The highest BCUT2D eigenvalue weighted by Crippen LogP contribution is 2.35. The molecule has 1 fully saturated rings. The van der Waals surface area contributed by atoms with Gasteiger partial charge in [-0.05, 0) is 31.6 Å². The largest absolute Gasteiger partial charge is 0.396 e. The van der Waals surface area contributed by atoms with E-state index in [0.29, 0.717) is 30.7 Å². The molecule has 0 aromatic carbocycles. The predicted octanol–water partition coefficient (Wildman–Crippen LogP) is 1.82. The summed E-state index contributed by atoms with van der Waals surface area (Å²) in [5.74, 6) is 1.16. The quantitative estimate of drug-likeness (QED) is 0.703. The molecule has 0 spiro atoms. The van der Waals surface area contributed by atoms with E-state index in [9.17, 15) is 0 Å². The number of rotatable bonds is 3. The Balaban J connectivity index is 2.53. The van der Waals surface area contributed by atoms with Gasteiger partial charge in [0, 0.05) is 6.61 Å². The summed E-state index contributed by atoms with van der Waals surface area (Å²) in [6, 6.07) is 0. The van der Waals surface area contributed by atoms with Crippen LogP contribution in [0.3, 0.4) is 0 Å². The minimum atomic E-state index is 0.293. The maximum Gasteiger partial charge on any atom is 0.0608 e. The fourth-order valence-electron chi connectivity index (χ4n) is 2.18. The summed E-state index contributed by atoms with van der Waals surface area (Å²) in [5, 5.41) is 8.89. The molecule has 2 heteroatoms. The maximum atomic E-state index is 8.89. The molecule has 1 rings (SSSR count). The average Bonchev–Trinajstić information content (AvgIpc) is 2.33. The van der Waals surface area contributed by atoms with E-state index in [4.69, 9.17) is 9.84 Å². The number of hydrogen-bond donors (Lipinski definition) is 1. The second-order valence-electron chi connectivity index (χ2n) is 3.82. The molecule has 1 aliphatic heterocycles. The van der Waals surface area contributed by atoms with Crippen LogP contribution in [-0.4, -0.2) is 23.9 Å². The van der Waals surface area contributed by atoms with Crippen molar-refractivity contribution in [3.8, 4) is 0 Å². The van der Waals surface area contributed by atoms with Crippen molar-refractivity contribution in [2.24, 2.45) is 11.8 Å². The van der Waals surface area contributed by atoms with E-state index in [1.807, 2.05) is 0 Å². The molecule has 0 amide bonds. The molecule has 0 unspecified atom stereocenters. The first kappa shape index (κ1) is 10.0. The van der Waals surface area contributed by atoms with Crippen LogP contribution in [0.2, 0.25) is 0 Å². The summed E-state index contributed by atoms with van der Waals surface area (Å²) in [6.45, 7) is 6.80. The van der Waals surface area contributed by atoms with Crippen molar-refractivity contribution in [1.82, 2.24) is 0 Å². The minimum Gasteiger partial charge on any atom is -0.396 e. The molecule has 0 bridgehead atoms. The number of ether oxygens (including phenoxy) is 1. The fraction of sp³-hybridized carbons (Fsp3) is 1.00. The molecule has 4 atom stereocenters. The van der Waals surface area contributed by atoms with Crippen molar-refractivity contribution in [3.63, 3.8) is 0 Å². The molecule has 12 heavy (non-hydrogen) atoms.